The first-order valence-electron chi connectivity index (χ1n) is 7.76. The monoisotopic (exact) mass is 303 g/mol. The standard InChI is InChI=1S/C18H25NO3/c1-11(2)18(5)9-16(21)19(17(18)22)10-15(20)14-7-12(3)6-13(4)8-14/h6-8,11,15,20H,9-10H2,1-5H3. The van der Waals surface area contributed by atoms with E-state index in [9.17, 15) is 14.7 Å². The second-order valence-electron chi connectivity index (χ2n) is 7.00. The number of aliphatic hydroxyl groups is 1. The number of nitrogens with zero attached hydrogens (tertiary/aromatic N) is 1. The first-order valence-corrected chi connectivity index (χ1v) is 7.76. The van der Waals surface area contributed by atoms with Crippen LogP contribution in [0.3, 0.4) is 0 Å². The summed E-state index contributed by atoms with van der Waals surface area (Å²) in [6, 6.07) is 5.81. The van der Waals surface area contributed by atoms with Crippen molar-refractivity contribution in [1.29, 1.82) is 0 Å². The van der Waals surface area contributed by atoms with Crippen LogP contribution >= 0.6 is 0 Å². The van der Waals surface area contributed by atoms with E-state index >= 15 is 0 Å². The average Bonchev–Trinajstić information content (AvgIpc) is 2.62. The Bertz CT molecular complexity index is 588. The number of hydrogen-bond acceptors (Lipinski definition) is 3. The highest BCUT2D eigenvalue weighted by Crippen LogP contribution is 2.39. The molecular weight excluding hydrogens is 278 g/mol. The molecule has 1 fully saturated rings. The molecule has 0 bridgehead atoms. The number of likely N-dealkylation sites (tertiary alicyclic amines) is 1. The SMILES string of the molecule is Cc1cc(C)cc(C(O)CN2C(=O)CC(C)(C(C)C)C2=O)c1. The Morgan fingerprint density at radius 3 is 2.18 bits per heavy atom. The molecular formula is C18H25NO3. The maximum absolute atomic E-state index is 12.6. The van der Waals surface area contributed by atoms with E-state index in [-0.39, 0.29) is 30.7 Å². The van der Waals surface area contributed by atoms with Gasteiger partial charge in [0, 0.05) is 6.42 Å². The van der Waals surface area contributed by atoms with E-state index in [2.05, 4.69) is 0 Å². The smallest absolute Gasteiger partial charge is 0.235 e. The largest absolute Gasteiger partial charge is 0.387 e. The molecule has 1 aliphatic heterocycles. The van der Waals surface area contributed by atoms with Crippen LogP contribution in [0.1, 0.15) is 50.0 Å². The molecule has 4 nitrogen and oxygen atoms in total. The highest BCUT2D eigenvalue weighted by Gasteiger charge is 2.50. The van der Waals surface area contributed by atoms with Crippen LogP contribution in [0.2, 0.25) is 0 Å². The van der Waals surface area contributed by atoms with E-state index in [1.807, 2.05) is 52.8 Å². The van der Waals surface area contributed by atoms with Gasteiger partial charge in [0.05, 0.1) is 18.1 Å². The third-order valence-corrected chi connectivity index (χ3v) is 4.81. The van der Waals surface area contributed by atoms with Gasteiger partial charge in [0.25, 0.3) is 0 Å². The van der Waals surface area contributed by atoms with Crippen LogP contribution in [0.25, 0.3) is 0 Å². The molecule has 0 radical (unpaired) electrons. The molecule has 0 spiro atoms. The van der Waals surface area contributed by atoms with Crippen molar-refractivity contribution in [3.63, 3.8) is 0 Å². The van der Waals surface area contributed by atoms with Gasteiger partial charge in [0.15, 0.2) is 0 Å². The molecule has 0 aromatic heterocycles. The van der Waals surface area contributed by atoms with Crippen molar-refractivity contribution < 1.29 is 14.7 Å². The van der Waals surface area contributed by atoms with Crippen LogP contribution in [0.15, 0.2) is 18.2 Å². The van der Waals surface area contributed by atoms with Gasteiger partial charge in [0.1, 0.15) is 0 Å². The lowest BCUT2D eigenvalue weighted by Gasteiger charge is -2.27. The van der Waals surface area contributed by atoms with E-state index in [1.54, 1.807) is 0 Å². The number of hydrogen-bond donors (Lipinski definition) is 1. The van der Waals surface area contributed by atoms with Crippen molar-refractivity contribution in [2.24, 2.45) is 11.3 Å². The van der Waals surface area contributed by atoms with Crippen molar-refractivity contribution in [2.45, 2.75) is 47.1 Å². The number of β-amino-alcohol motifs (C(OH)–C–C–N with tert-alkyl or cyclic N) is 1. The second kappa shape index (κ2) is 5.84. The Morgan fingerprint density at radius 1 is 1.18 bits per heavy atom. The fourth-order valence-corrected chi connectivity index (χ4v) is 3.02. The van der Waals surface area contributed by atoms with E-state index in [4.69, 9.17) is 0 Å². The lowest BCUT2D eigenvalue weighted by atomic mass is 9.78. The first kappa shape index (κ1) is 16.7. The molecule has 1 saturated heterocycles. The predicted octanol–water partition coefficient (Wildman–Crippen LogP) is 2.76. The first-order chi connectivity index (χ1) is 10.1. The van der Waals surface area contributed by atoms with Crippen molar-refractivity contribution in [3.8, 4) is 0 Å². The van der Waals surface area contributed by atoms with Gasteiger partial charge in [0.2, 0.25) is 11.8 Å². The minimum Gasteiger partial charge on any atom is -0.387 e. The normalized spacial score (nSPS) is 23.5. The van der Waals surface area contributed by atoms with Crippen LogP contribution in [0.4, 0.5) is 0 Å². The third-order valence-electron chi connectivity index (χ3n) is 4.81. The van der Waals surface area contributed by atoms with Gasteiger partial charge in [-0.25, -0.2) is 0 Å². The number of aryl methyl sites for hydroxylation is 2. The second-order valence-corrected chi connectivity index (χ2v) is 7.00. The van der Waals surface area contributed by atoms with E-state index in [1.165, 1.54) is 4.90 Å². The molecule has 4 heteroatoms. The van der Waals surface area contributed by atoms with Crippen LogP contribution in [0, 0.1) is 25.2 Å². The van der Waals surface area contributed by atoms with Gasteiger partial charge >= 0.3 is 0 Å². The summed E-state index contributed by atoms with van der Waals surface area (Å²) in [4.78, 5) is 26.0. The van der Waals surface area contributed by atoms with Crippen LogP contribution < -0.4 is 0 Å². The number of benzene rings is 1. The van der Waals surface area contributed by atoms with Crippen molar-refractivity contribution >= 4 is 11.8 Å². The molecule has 2 unspecified atom stereocenters. The van der Waals surface area contributed by atoms with Gasteiger partial charge in [-0.15, -0.1) is 0 Å². The molecule has 0 saturated carbocycles. The summed E-state index contributed by atoms with van der Waals surface area (Å²) in [6.07, 6.45) is -0.621. The summed E-state index contributed by atoms with van der Waals surface area (Å²) in [5.74, 6) is -0.271. The highest BCUT2D eigenvalue weighted by molar-refractivity contribution is 6.05. The molecule has 1 aliphatic rings. The summed E-state index contributed by atoms with van der Waals surface area (Å²) in [6.45, 7) is 9.70. The molecule has 120 valence electrons. The quantitative estimate of drug-likeness (QED) is 0.870. The minimum absolute atomic E-state index is 0.0306. The predicted molar refractivity (Wildman–Crippen MR) is 85.2 cm³/mol. The van der Waals surface area contributed by atoms with Gasteiger partial charge in [-0.3, -0.25) is 14.5 Å². The summed E-state index contributed by atoms with van der Waals surface area (Å²) in [7, 11) is 0. The zero-order valence-corrected chi connectivity index (χ0v) is 14.0. The van der Waals surface area contributed by atoms with E-state index in [0.29, 0.717) is 0 Å². The summed E-state index contributed by atoms with van der Waals surface area (Å²) in [5, 5.41) is 10.4. The molecule has 1 aromatic rings. The Labute approximate surface area is 132 Å². The summed E-state index contributed by atoms with van der Waals surface area (Å²) < 4.78 is 0. The average molecular weight is 303 g/mol. The molecule has 2 rings (SSSR count). The Morgan fingerprint density at radius 2 is 1.73 bits per heavy atom. The van der Waals surface area contributed by atoms with Crippen LogP contribution in [0.5, 0.6) is 0 Å². The molecule has 2 amide bonds. The highest BCUT2D eigenvalue weighted by atomic mass is 16.3. The van der Waals surface area contributed by atoms with Crippen molar-refractivity contribution in [3.05, 3.63) is 34.9 Å². The summed E-state index contributed by atoms with van der Waals surface area (Å²) >= 11 is 0. The maximum atomic E-state index is 12.6. The minimum atomic E-state index is -0.846. The molecule has 1 N–H and O–H groups in total. The number of carbonyl (C=O) groups excluding carboxylic acids is 2. The fourth-order valence-electron chi connectivity index (χ4n) is 3.02. The number of aliphatic hydroxyl groups excluding tert-OH is 1. The van der Waals surface area contributed by atoms with Crippen LogP contribution in [-0.2, 0) is 9.59 Å². The lowest BCUT2D eigenvalue weighted by Crippen LogP contribution is -2.39. The Balaban J connectivity index is 2.20. The van der Waals surface area contributed by atoms with Crippen LogP contribution in [-0.4, -0.2) is 28.4 Å². The zero-order chi connectivity index (χ0) is 16.7. The number of rotatable bonds is 4. The van der Waals surface area contributed by atoms with Crippen molar-refractivity contribution in [2.75, 3.05) is 6.54 Å². The molecule has 0 aliphatic carbocycles. The fraction of sp³-hybridized carbons (Fsp3) is 0.556. The Hall–Kier alpha value is -1.68. The zero-order valence-electron chi connectivity index (χ0n) is 14.0. The molecule has 2 atom stereocenters. The number of imide groups is 1. The molecule has 22 heavy (non-hydrogen) atoms. The molecule has 1 aromatic carbocycles. The summed E-state index contributed by atoms with van der Waals surface area (Å²) in [5.41, 5.74) is 2.20. The van der Waals surface area contributed by atoms with Gasteiger partial charge in [-0.05, 0) is 32.3 Å². The third kappa shape index (κ3) is 2.93. The molecule has 1 heterocycles. The van der Waals surface area contributed by atoms with Gasteiger partial charge < -0.3 is 5.11 Å². The maximum Gasteiger partial charge on any atom is 0.235 e. The van der Waals surface area contributed by atoms with E-state index < -0.39 is 11.5 Å². The van der Waals surface area contributed by atoms with Gasteiger partial charge in [-0.2, -0.15) is 0 Å². The Kier molecular flexibility index (Phi) is 4.43. The van der Waals surface area contributed by atoms with Crippen molar-refractivity contribution in [1.82, 2.24) is 4.90 Å². The van der Waals surface area contributed by atoms with Gasteiger partial charge in [-0.1, -0.05) is 43.2 Å². The number of amides is 2. The number of carbonyl (C=O) groups is 2. The van der Waals surface area contributed by atoms with E-state index in [0.717, 1.165) is 16.7 Å². The lowest BCUT2D eigenvalue weighted by molar-refractivity contribution is -0.143. The topological polar surface area (TPSA) is 57.6 Å².